The molecule has 0 spiro atoms. The number of rotatable bonds is 0. The monoisotopic (exact) mass is 384 g/mol. The second kappa shape index (κ2) is 5.40. The summed E-state index contributed by atoms with van der Waals surface area (Å²) in [6.45, 7) is 5.63. The van der Waals surface area contributed by atoms with Gasteiger partial charge in [-0.3, -0.25) is 4.79 Å². The minimum atomic E-state index is -4.63. The quantitative estimate of drug-likeness (QED) is 0.635. The fraction of sp³-hybridized carbons (Fsp3) is 0.762. The summed E-state index contributed by atoms with van der Waals surface area (Å²) < 4.78 is 41.3. The number of fused-ring (bicyclic) bond motifs is 5. The van der Waals surface area contributed by atoms with Crippen molar-refractivity contribution in [3.63, 3.8) is 0 Å². The highest BCUT2D eigenvalue weighted by atomic mass is 19.4. The van der Waals surface area contributed by atoms with Crippen molar-refractivity contribution in [2.45, 2.75) is 64.7 Å². The summed E-state index contributed by atoms with van der Waals surface area (Å²) in [7, 11) is 0. The van der Waals surface area contributed by atoms with Crippen LogP contribution in [-0.4, -0.2) is 27.8 Å². The van der Waals surface area contributed by atoms with Crippen molar-refractivity contribution in [2.24, 2.45) is 34.5 Å². The fourth-order valence-corrected chi connectivity index (χ4v) is 7.13. The molecule has 3 fully saturated rings. The largest absolute Gasteiger partial charge is 0.504 e. The first kappa shape index (κ1) is 19.0. The Morgan fingerprint density at radius 3 is 2.41 bits per heavy atom. The number of aliphatic hydroxyl groups excluding tert-OH is 1. The Labute approximate surface area is 157 Å². The lowest BCUT2D eigenvalue weighted by Crippen LogP contribution is -2.60. The van der Waals surface area contributed by atoms with Gasteiger partial charge in [0.25, 0.3) is 0 Å². The molecular weight excluding hydrogens is 357 g/mol. The Bertz CT molecular complexity index is 754. The number of aliphatic hydroxyl groups is 2. The lowest BCUT2D eigenvalue weighted by molar-refractivity contribution is -0.303. The van der Waals surface area contributed by atoms with Gasteiger partial charge in [0.05, 0.1) is 0 Å². The summed E-state index contributed by atoms with van der Waals surface area (Å²) >= 11 is 0. The van der Waals surface area contributed by atoms with Crippen molar-refractivity contribution in [1.29, 1.82) is 0 Å². The molecule has 0 aromatic rings. The molecule has 2 N–H and O–H groups in total. The number of ketones is 1. The van der Waals surface area contributed by atoms with Gasteiger partial charge in [-0.05, 0) is 67.4 Å². The molecule has 0 aliphatic heterocycles. The molecule has 3 saturated carbocycles. The van der Waals surface area contributed by atoms with Crippen molar-refractivity contribution in [2.75, 3.05) is 0 Å². The highest BCUT2D eigenvalue weighted by molar-refractivity contribution is 6.04. The lowest BCUT2D eigenvalue weighted by Gasteiger charge is -2.60. The molecule has 0 heterocycles. The van der Waals surface area contributed by atoms with Crippen LogP contribution in [0.2, 0.25) is 0 Å². The van der Waals surface area contributed by atoms with Crippen molar-refractivity contribution in [3.8, 4) is 0 Å². The molecule has 0 saturated heterocycles. The van der Waals surface area contributed by atoms with Crippen molar-refractivity contribution in [1.82, 2.24) is 0 Å². The first-order valence-corrected chi connectivity index (χ1v) is 9.82. The van der Waals surface area contributed by atoms with Crippen LogP contribution in [0.4, 0.5) is 13.2 Å². The van der Waals surface area contributed by atoms with Crippen LogP contribution in [0.15, 0.2) is 23.5 Å². The van der Waals surface area contributed by atoms with Gasteiger partial charge in [-0.25, -0.2) is 0 Å². The van der Waals surface area contributed by atoms with Crippen LogP contribution in [-0.2, 0) is 4.79 Å². The fourth-order valence-electron chi connectivity index (χ4n) is 7.13. The molecule has 4 rings (SSSR count). The molecule has 0 aromatic heterocycles. The van der Waals surface area contributed by atoms with E-state index in [0.29, 0.717) is 25.7 Å². The summed E-state index contributed by atoms with van der Waals surface area (Å²) in [6.07, 6.45) is 0.0949. The van der Waals surface area contributed by atoms with Crippen LogP contribution in [0.25, 0.3) is 0 Å². The minimum Gasteiger partial charge on any atom is -0.504 e. The SMILES string of the molecule is CC1CC2=C(O)C(=O)C=C[C@]2(C)C2CC[C@@]3(C)C(CC[C@]3(O)C(F)(F)F)C12. The zero-order valence-electron chi connectivity index (χ0n) is 15.9. The Morgan fingerprint density at radius 1 is 1.15 bits per heavy atom. The van der Waals surface area contributed by atoms with E-state index >= 15 is 0 Å². The minimum absolute atomic E-state index is 0.0273. The van der Waals surface area contributed by atoms with E-state index < -0.39 is 22.6 Å². The Hall–Kier alpha value is -1.30. The van der Waals surface area contributed by atoms with Gasteiger partial charge in [-0.1, -0.05) is 26.8 Å². The maximum absolute atomic E-state index is 13.8. The molecule has 0 bridgehead atoms. The zero-order valence-corrected chi connectivity index (χ0v) is 15.9. The molecule has 7 atom stereocenters. The number of allylic oxidation sites excluding steroid dienone is 3. The third kappa shape index (κ3) is 2.16. The predicted molar refractivity (Wildman–Crippen MR) is 93.7 cm³/mol. The maximum Gasteiger partial charge on any atom is 0.417 e. The molecule has 4 aliphatic carbocycles. The summed E-state index contributed by atoms with van der Waals surface area (Å²) in [4.78, 5) is 11.9. The molecule has 27 heavy (non-hydrogen) atoms. The first-order valence-electron chi connectivity index (χ1n) is 9.82. The summed E-state index contributed by atoms with van der Waals surface area (Å²) in [5, 5.41) is 21.1. The van der Waals surface area contributed by atoms with E-state index in [9.17, 15) is 28.2 Å². The van der Waals surface area contributed by atoms with Crippen LogP contribution >= 0.6 is 0 Å². The van der Waals surface area contributed by atoms with E-state index in [1.165, 1.54) is 6.08 Å². The molecule has 3 nitrogen and oxygen atoms in total. The highest BCUT2D eigenvalue weighted by Gasteiger charge is 2.73. The topological polar surface area (TPSA) is 57.5 Å². The van der Waals surface area contributed by atoms with Crippen molar-refractivity contribution >= 4 is 5.78 Å². The molecule has 4 unspecified atom stereocenters. The predicted octanol–water partition coefficient (Wildman–Crippen LogP) is 4.72. The van der Waals surface area contributed by atoms with E-state index in [1.54, 1.807) is 6.92 Å². The smallest absolute Gasteiger partial charge is 0.417 e. The van der Waals surface area contributed by atoms with E-state index in [-0.39, 0.29) is 41.6 Å². The highest BCUT2D eigenvalue weighted by Crippen LogP contribution is 2.70. The molecule has 4 aliphatic rings. The van der Waals surface area contributed by atoms with Gasteiger partial charge in [0, 0.05) is 10.8 Å². The van der Waals surface area contributed by atoms with Crippen LogP contribution < -0.4 is 0 Å². The average molecular weight is 384 g/mol. The number of hydrogen-bond acceptors (Lipinski definition) is 3. The second-order valence-electron chi connectivity index (χ2n) is 9.63. The van der Waals surface area contributed by atoms with E-state index in [4.69, 9.17) is 0 Å². The Morgan fingerprint density at radius 2 is 1.78 bits per heavy atom. The molecule has 6 heteroatoms. The van der Waals surface area contributed by atoms with Gasteiger partial charge in [-0.2, -0.15) is 13.2 Å². The number of hydrogen-bond donors (Lipinski definition) is 2. The van der Waals surface area contributed by atoms with Gasteiger partial charge in [0.15, 0.2) is 11.4 Å². The standard InChI is InChI=1S/C21H27F3O3/c1-11-10-14-17(26)15(25)6-7-18(14,2)12-4-8-19(3)13(16(11)12)5-9-20(19,27)21(22,23)24/h6-7,11-13,16,26-27H,4-5,8-10H2,1-3H3/t11?,12?,13?,16?,18-,19+,20-/m1/s1. The number of halogens is 3. The van der Waals surface area contributed by atoms with Crippen molar-refractivity contribution in [3.05, 3.63) is 23.5 Å². The summed E-state index contributed by atoms with van der Waals surface area (Å²) in [6, 6.07) is 0. The van der Waals surface area contributed by atoms with Gasteiger partial charge < -0.3 is 10.2 Å². The zero-order chi connectivity index (χ0) is 20.0. The Balaban J connectivity index is 1.77. The lowest BCUT2D eigenvalue weighted by atomic mass is 9.45. The molecular formula is C21H27F3O3. The number of carbonyl (C=O) groups excluding carboxylic acids is 1. The number of carbonyl (C=O) groups is 1. The molecule has 150 valence electrons. The van der Waals surface area contributed by atoms with E-state index in [2.05, 4.69) is 0 Å². The van der Waals surface area contributed by atoms with Gasteiger partial charge in [-0.15, -0.1) is 0 Å². The maximum atomic E-state index is 13.8. The van der Waals surface area contributed by atoms with Crippen molar-refractivity contribution < 1.29 is 28.2 Å². The van der Waals surface area contributed by atoms with Crippen LogP contribution in [0.1, 0.15) is 52.9 Å². The van der Waals surface area contributed by atoms with E-state index in [1.807, 2.05) is 19.9 Å². The summed E-state index contributed by atoms with van der Waals surface area (Å²) in [5.74, 6) is -0.641. The number of alkyl halides is 3. The third-order valence-electron chi connectivity index (χ3n) is 8.66. The third-order valence-corrected chi connectivity index (χ3v) is 8.66. The average Bonchev–Trinajstić information content (AvgIpc) is 2.86. The normalized spacial score (nSPS) is 49.7. The molecule has 0 radical (unpaired) electrons. The molecule has 0 aromatic carbocycles. The van der Waals surface area contributed by atoms with E-state index in [0.717, 1.165) is 5.57 Å². The Kier molecular flexibility index (Phi) is 3.81. The van der Waals surface area contributed by atoms with Crippen LogP contribution in [0.5, 0.6) is 0 Å². The van der Waals surface area contributed by atoms with Gasteiger partial charge in [0.2, 0.25) is 5.78 Å². The molecule has 0 amide bonds. The van der Waals surface area contributed by atoms with Gasteiger partial charge in [0.1, 0.15) is 0 Å². The summed E-state index contributed by atoms with van der Waals surface area (Å²) in [5.41, 5.74) is -3.59. The van der Waals surface area contributed by atoms with Gasteiger partial charge >= 0.3 is 6.18 Å². The first-order chi connectivity index (χ1) is 12.4. The van der Waals surface area contributed by atoms with Crippen LogP contribution in [0.3, 0.4) is 0 Å². The van der Waals surface area contributed by atoms with Crippen LogP contribution in [0, 0.1) is 34.5 Å². The second-order valence-corrected chi connectivity index (χ2v) is 9.63.